The van der Waals surface area contributed by atoms with Crippen LogP contribution in [0.5, 0.6) is 5.88 Å². The number of nitrogens with one attached hydrogen (secondary N) is 1. The van der Waals surface area contributed by atoms with Crippen LogP contribution in [0.25, 0.3) is 0 Å². The number of carbonyl (C=O) groups excluding carboxylic acids is 2. The third-order valence-corrected chi connectivity index (χ3v) is 5.57. The number of anilines is 1. The van der Waals surface area contributed by atoms with E-state index in [-0.39, 0.29) is 24.3 Å². The number of rotatable bonds is 12. The molecular weight excluding hydrogens is 462 g/mol. The molecule has 0 saturated carbocycles. The lowest BCUT2D eigenvalue weighted by Crippen LogP contribution is -2.16. The molecule has 0 saturated heterocycles. The van der Waals surface area contributed by atoms with Gasteiger partial charge in [-0.2, -0.15) is 5.10 Å². The maximum absolute atomic E-state index is 12.6. The molecule has 2 N–H and O–H groups in total. The Morgan fingerprint density at radius 2 is 1.72 bits per heavy atom. The highest BCUT2D eigenvalue weighted by Crippen LogP contribution is 2.27. The zero-order valence-corrected chi connectivity index (χ0v) is 20.7. The second-order valence-corrected chi connectivity index (χ2v) is 8.23. The first-order valence-corrected chi connectivity index (χ1v) is 11.9. The van der Waals surface area contributed by atoms with Gasteiger partial charge in [-0.1, -0.05) is 37.6 Å². The number of unbranched alkanes of at least 4 members (excludes halogenated alkanes) is 1. The average Bonchev–Trinajstić information content (AvgIpc) is 3.16. The quantitative estimate of drug-likeness (QED) is 0.362. The van der Waals surface area contributed by atoms with Crippen molar-refractivity contribution in [3.63, 3.8) is 0 Å². The van der Waals surface area contributed by atoms with Gasteiger partial charge in [-0.25, -0.2) is 14.3 Å². The first-order valence-electron chi connectivity index (χ1n) is 11.9. The van der Waals surface area contributed by atoms with E-state index in [0.717, 1.165) is 36.1 Å². The van der Waals surface area contributed by atoms with Crippen LogP contribution in [0.2, 0.25) is 0 Å². The molecule has 0 unspecified atom stereocenters. The molecule has 9 heteroatoms. The van der Waals surface area contributed by atoms with Crippen molar-refractivity contribution in [1.82, 2.24) is 9.78 Å². The van der Waals surface area contributed by atoms with E-state index in [0.29, 0.717) is 18.0 Å². The minimum absolute atomic E-state index is 0.0573. The lowest BCUT2D eigenvalue weighted by molar-refractivity contribution is -0.145. The van der Waals surface area contributed by atoms with Gasteiger partial charge in [0.05, 0.1) is 23.4 Å². The standard InChI is InChI=1S/C27H31N3O6/c1-4-6-11-23-22(26(30(3)29-23)36-17-24(31)35-5-2)16-18-12-14-19(15-13-18)28-25(32)20-9-7-8-10-21(20)27(33)34/h7-10,12-15H,4-6,11,16-17H2,1-3H3,(H,28,32)(H,33,34). The molecule has 36 heavy (non-hydrogen) atoms. The van der Waals surface area contributed by atoms with Crippen molar-refractivity contribution in [2.24, 2.45) is 7.05 Å². The van der Waals surface area contributed by atoms with Crippen LogP contribution in [0.15, 0.2) is 48.5 Å². The van der Waals surface area contributed by atoms with Gasteiger partial charge in [0.2, 0.25) is 5.88 Å². The number of aromatic nitrogens is 2. The number of carbonyl (C=O) groups is 3. The third kappa shape index (κ3) is 6.71. The Labute approximate surface area is 210 Å². The summed E-state index contributed by atoms with van der Waals surface area (Å²) < 4.78 is 12.4. The van der Waals surface area contributed by atoms with Crippen molar-refractivity contribution < 1.29 is 29.0 Å². The van der Waals surface area contributed by atoms with Crippen LogP contribution in [0.1, 0.15) is 64.2 Å². The Hall–Kier alpha value is -4.14. The molecule has 3 rings (SSSR count). The van der Waals surface area contributed by atoms with Crippen molar-refractivity contribution in [3.8, 4) is 5.88 Å². The molecule has 0 aliphatic carbocycles. The van der Waals surface area contributed by atoms with Crippen LogP contribution in [0.4, 0.5) is 5.69 Å². The number of hydrogen-bond donors (Lipinski definition) is 2. The number of benzene rings is 2. The van der Waals surface area contributed by atoms with Gasteiger partial charge in [-0.15, -0.1) is 0 Å². The van der Waals surface area contributed by atoms with Gasteiger partial charge in [-0.3, -0.25) is 4.79 Å². The molecule has 0 bridgehead atoms. The number of carboxylic acids is 1. The lowest BCUT2D eigenvalue weighted by Gasteiger charge is -2.11. The van der Waals surface area contributed by atoms with E-state index >= 15 is 0 Å². The molecule has 3 aromatic rings. The fourth-order valence-corrected chi connectivity index (χ4v) is 3.81. The summed E-state index contributed by atoms with van der Waals surface area (Å²) in [4.78, 5) is 35.9. The highest BCUT2D eigenvalue weighted by molar-refractivity contribution is 6.10. The van der Waals surface area contributed by atoms with E-state index in [9.17, 15) is 19.5 Å². The van der Waals surface area contributed by atoms with Gasteiger partial charge < -0.3 is 19.9 Å². The number of esters is 1. The molecule has 1 heterocycles. The van der Waals surface area contributed by atoms with E-state index in [1.165, 1.54) is 12.1 Å². The normalized spacial score (nSPS) is 10.6. The van der Waals surface area contributed by atoms with Crippen molar-refractivity contribution >= 4 is 23.5 Å². The summed E-state index contributed by atoms with van der Waals surface area (Å²) in [6.45, 7) is 3.94. The minimum atomic E-state index is -1.16. The molecular formula is C27H31N3O6. The highest BCUT2D eigenvalue weighted by Gasteiger charge is 2.20. The zero-order chi connectivity index (χ0) is 26.1. The Balaban J connectivity index is 1.77. The molecule has 0 radical (unpaired) electrons. The molecule has 0 spiro atoms. The Morgan fingerprint density at radius 3 is 2.36 bits per heavy atom. The highest BCUT2D eigenvalue weighted by atomic mass is 16.6. The molecule has 0 aliphatic rings. The van der Waals surface area contributed by atoms with E-state index in [1.807, 2.05) is 12.1 Å². The number of aryl methyl sites for hydroxylation is 2. The van der Waals surface area contributed by atoms with Gasteiger partial charge in [0.25, 0.3) is 5.91 Å². The van der Waals surface area contributed by atoms with Gasteiger partial charge in [-0.05, 0) is 49.6 Å². The number of aromatic carboxylic acids is 1. The van der Waals surface area contributed by atoms with E-state index in [1.54, 1.807) is 42.9 Å². The van der Waals surface area contributed by atoms with Gasteiger partial charge >= 0.3 is 11.9 Å². The predicted molar refractivity (Wildman–Crippen MR) is 135 cm³/mol. The van der Waals surface area contributed by atoms with Gasteiger partial charge in [0.15, 0.2) is 6.61 Å². The maximum atomic E-state index is 12.6. The first-order chi connectivity index (χ1) is 17.3. The fourth-order valence-electron chi connectivity index (χ4n) is 3.81. The summed E-state index contributed by atoms with van der Waals surface area (Å²) in [5, 5.41) is 16.7. The van der Waals surface area contributed by atoms with Crippen LogP contribution in [0.3, 0.4) is 0 Å². The van der Waals surface area contributed by atoms with Gasteiger partial charge in [0, 0.05) is 24.7 Å². The third-order valence-electron chi connectivity index (χ3n) is 5.57. The molecule has 1 amide bonds. The van der Waals surface area contributed by atoms with Crippen LogP contribution in [-0.4, -0.2) is 45.9 Å². The number of hydrogen-bond acceptors (Lipinski definition) is 6. The summed E-state index contributed by atoms with van der Waals surface area (Å²) in [6.07, 6.45) is 3.32. The van der Waals surface area contributed by atoms with Gasteiger partial charge in [0.1, 0.15) is 0 Å². The van der Waals surface area contributed by atoms with Crippen molar-refractivity contribution in [3.05, 3.63) is 76.5 Å². The number of ether oxygens (including phenoxy) is 2. The molecule has 0 fully saturated rings. The number of amides is 1. The van der Waals surface area contributed by atoms with E-state index in [4.69, 9.17) is 9.47 Å². The number of nitrogens with zero attached hydrogens (tertiary/aromatic N) is 2. The summed E-state index contributed by atoms with van der Waals surface area (Å²) in [5.41, 5.74) is 3.36. The maximum Gasteiger partial charge on any atom is 0.344 e. The van der Waals surface area contributed by atoms with E-state index in [2.05, 4.69) is 17.3 Å². The van der Waals surface area contributed by atoms with Crippen LogP contribution >= 0.6 is 0 Å². The van der Waals surface area contributed by atoms with Crippen LogP contribution < -0.4 is 10.1 Å². The number of carboxylic acid groups (broad SMARTS) is 1. The second kappa shape index (κ2) is 12.5. The average molecular weight is 494 g/mol. The zero-order valence-electron chi connectivity index (χ0n) is 20.7. The first kappa shape index (κ1) is 26.5. The van der Waals surface area contributed by atoms with Crippen molar-refractivity contribution in [1.29, 1.82) is 0 Å². The van der Waals surface area contributed by atoms with Crippen molar-refractivity contribution in [2.75, 3.05) is 18.5 Å². The Morgan fingerprint density at radius 1 is 1.03 bits per heavy atom. The second-order valence-electron chi connectivity index (χ2n) is 8.23. The fraction of sp³-hybridized carbons (Fsp3) is 0.333. The Bertz CT molecular complexity index is 1220. The summed E-state index contributed by atoms with van der Waals surface area (Å²) in [7, 11) is 1.78. The molecule has 1 aromatic heterocycles. The largest absolute Gasteiger partial charge is 0.478 e. The minimum Gasteiger partial charge on any atom is -0.478 e. The molecule has 2 aromatic carbocycles. The van der Waals surface area contributed by atoms with E-state index < -0.39 is 17.8 Å². The van der Waals surface area contributed by atoms with Crippen LogP contribution in [-0.2, 0) is 29.4 Å². The monoisotopic (exact) mass is 493 g/mol. The summed E-state index contributed by atoms with van der Waals surface area (Å²) in [5.74, 6) is -1.57. The SMILES string of the molecule is CCCCc1nn(C)c(OCC(=O)OCC)c1Cc1ccc(NC(=O)c2ccccc2C(=O)O)cc1. The summed E-state index contributed by atoms with van der Waals surface area (Å²) >= 11 is 0. The molecule has 9 nitrogen and oxygen atoms in total. The predicted octanol–water partition coefficient (Wildman–Crippen LogP) is 4.25. The Kier molecular flexibility index (Phi) is 9.21. The topological polar surface area (TPSA) is 120 Å². The molecule has 190 valence electrons. The van der Waals surface area contributed by atoms with Crippen molar-refractivity contribution in [2.45, 2.75) is 39.5 Å². The summed E-state index contributed by atoms with van der Waals surface area (Å²) in [6, 6.07) is 13.4. The molecule has 0 aliphatic heterocycles. The smallest absolute Gasteiger partial charge is 0.344 e. The lowest BCUT2D eigenvalue weighted by atomic mass is 10.0. The van der Waals surface area contributed by atoms with Crippen LogP contribution in [0, 0.1) is 0 Å². The molecule has 0 atom stereocenters.